The second-order valence-electron chi connectivity index (χ2n) is 7.34. The van der Waals surface area contributed by atoms with Crippen molar-refractivity contribution in [1.82, 2.24) is 9.55 Å². The molecule has 0 radical (unpaired) electrons. The maximum Gasteiger partial charge on any atom is 0.250 e. The highest BCUT2D eigenvalue weighted by atomic mass is 35.5. The quantitative estimate of drug-likeness (QED) is 0.347. The molecule has 0 aliphatic carbocycles. The van der Waals surface area contributed by atoms with Crippen LogP contribution in [0.3, 0.4) is 0 Å². The monoisotopic (exact) mass is 482 g/mol. The summed E-state index contributed by atoms with van der Waals surface area (Å²) in [6.45, 7) is 2.38. The van der Waals surface area contributed by atoms with Crippen LogP contribution in [-0.4, -0.2) is 29.7 Å². The number of ether oxygens (including phenoxy) is 2. The van der Waals surface area contributed by atoms with Gasteiger partial charge in [0.1, 0.15) is 0 Å². The Bertz CT molecular complexity index is 1300. The number of hydrogen-bond acceptors (Lipinski definition) is 6. The lowest BCUT2D eigenvalue weighted by molar-refractivity contribution is 0.0999. The number of carbonyl (C=O) groups is 1. The summed E-state index contributed by atoms with van der Waals surface area (Å²) < 4.78 is 12.8. The molecule has 2 aromatic heterocycles. The highest BCUT2D eigenvalue weighted by Crippen LogP contribution is 2.33. The van der Waals surface area contributed by atoms with Crippen molar-refractivity contribution in [3.8, 4) is 22.9 Å². The third-order valence-corrected chi connectivity index (χ3v) is 6.29. The molecule has 0 unspecified atom stereocenters. The fourth-order valence-electron chi connectivity index (χ4n) is 3.58. The van der Waals surface area contributed by atoms with E-state index in [1.807, 2.05) is 59.3 Å². The van der Waals surface area contributed by atoms with Gasteiger partial charge in [0, 0.05) is 28.3 Å². The van der Waals surface area contributed by atoms with Crippen molar-refractivity contribution in [3.05, 3.63) is 75.8 Å². The van der Waals surface area contributed by atoms with Crippen molar-refractivity contribution in [1.29, 1.82) is 0 Å². The lowest BCUT2D eigenvalue weighted by atomic mass is 10.2. The molecule has 0 saturated carbocycles. The number of benzene rings is 2. The van der Waals surface area contributed by atoms with Gasteiger partial charge in [-0.2, -0.15) is 0 Å². The number of carbonyl (C=O) groups excluding carboxylic acids is 1. The smallest absolute Gasteiger partial charge is 0.250 e. The van der Waals surface area contributed by atoms with Crippen LogP contribution in [0.4, 0.5) is 10.8 Å². The molecular weight excluding hydrogens is 460 g/mol. The van der Waals surface area contributed by atoms with Gasteiger partial charge in [-0.3, -0.25) is 4.79 Å². The van der Waals surface area contributed by atoms with Crippen molar-refractivity contribution in [2.45, 2.75) is 13.5 Å². The minimum absolute atomic E-state index is 0.464. The number of nitrogens with zero attached hydrogens (tertiary/aromatic N) is 2. The van der Waals surface area contributed by atoms with Gasteiger partial charge in [-0.15, -0.1) is 11.3 Å². The number of amides is 1. The highest BCUT2D eigenvalue weighted by molar-refractivity contribution is 7.14. The fourth-order valence-corrected chi connectivity index (χ4v) is 4.43. The number of nitrogens with two attached hydrogens (primary N) is 1. The molecule has 2 heterocycles. The van der Waals surface area contributed by atoms with E-state index in [1.165, 1.54) is 11.3 Å². The molecule has 4 rings (SSSR count). The van der Waals surface area contributed by atoms with Crippen LogP contribution in [0.1, 0.15) is 21.6 Å². The molecule has 0 atom stereocenters. The first-order valence-corrected chi connectivity index (χ1v) is 11.3. The number of hydrogen-bond donors (Lipinski definition) is 2. The van der Waals surface area contributed by atoms with Gasteiger partial charge in [0.05, 0.1) is 31.2 Å². The van der Waals surface area contributed by atoms with E-state index in [1.54, 1.807) is 20.3 Å². The van der Waals surface area contributed by atoms with E-state index in [-0.39, 0.29) is 0 Å². The Morgan fingerprint density at radius 1 is 1.12 bits per heavy atom. The topological polar surface area (TPSA) is 91.4 Å². The van der Waals surface area contributed by atoms with E-state index < -0.39 is 5.91 Å². The summed E-state index contributed by atoms with van der Waals surface area (Å²) in [6, 6.07) is 14.9. The molecule has 4 aromatic rings. The van der Waals surface area contributed by atoms with Gasteiger partial charge in [-0.05, 0) is 55.0 Å². The molecule has 0 saturated heterocycles. The molecule has 9 heteroatoms. The van der Waals surface area contributed by atoms with Crippen LogP contribution in [0.2, 0.25) is 5.02 Å². The summed E-state index contributed by atoms with van der Waals surface area (Å²) in [7, 11) is 3.20. The Hall–Kier alpha value is -3.49. The van der Waals surface area contributed by atoms with Gasteiger partial charge >= 0.3 is 0 Å². The fraction of sp³-hybridized carbons (Fsp3) is 0.167. The van der Waals surface area contributed by atoms with E-state index in [4.69, 9.17) is 31.8 Å². The van der Waals surface area contributed by atoms with Gasteiger partial charge in [0.15, 0.2) is 16.6 Å². The third kappa shape index (κ3) is 4.81. The summed E-state index contributed by atoms with van der Waals surface area (Å²) in [5, 5.41) is 6.62. The zero-order valence-corrected chi connectivity index (χ0v) is 20.0. The molecule has 1 amide bonds. The minimum Gasteiger partial charge on any atom is -0.493 e. The van der Waals surface area contributed by atoms with Gasteiger partial charge in [0.25, 0.3) is 5.91 Å². The molecule has 3 N–H and O–H groups in total. The number of primary amides is 1. The van der Waals surface area contributed by atoms with E-state index in [2.05, 4.69) is 5.32 Å². The lowest BCUT2D eigenvalue weighted by Crippen LogP contribution is -2.12. The molecule has 2 aromatic carbocycles. The maximum atomic E-state index is 12.1. The third-order valence-electron chi connectivity index (χ3n) is 5.28. The van der Waals surface area contributed by atoms with E-state index in [9.17, 15) is 4.79 Å². The molecule has 0 spiro atoms. The van der Waals surface area contributed by atoms with Crippen LogP contribution in [0.15, 0.2) is 53.9 Å². The highest BCUT2D eigenvalue weighted by Gasteiger charge is 2.19. The SMILES string of the molecule is COc1ccc(Cn2c(-c3csc(Nc4ccc(Cl)cc4)n3)cc(C(N)=O)c2C)cc1OC. The number of nitrogens with one attached hydrogen (secondary N) is 1. The molecule has 7 nitrogen and oxygen atoms in total. The molecule has 33 heavy (non-hydrogen) atoms. The van der Waals surface area contributed by atoms with Crippen LogP contribution >= 0.6 is 22.9 Å². The van der Waals surface area contributed by atoms with Crippen molar-refractivity contribution in [3.63, 3.8) is 0 Å². The lowest BCUT2D eigenvalue weighted by Gasteiger charge is -2.13. The first-order chi connectivity index (χ1) is 15.9. The minimum atomic E-state index is -0.477. The summed E-state index contributed by atoms with van der Waals surface area (Å²) in [5.41, 5.74) is 10.3. The van der Waals surface area contributed by atoms with Crippen molar-refractivity contribution in [2.24, 2.45) is 5.73 Å². The normalized spacial score (nSPS) is 10.8. The van der Waals surface area contributed by atoms with Crippen LogP contribution < -0.4 is 20.5 Å². The first kappa shape index (κ1) is 22.7. The van der Waals surface area contributed by atoms with Gasteiger partial charge < -0.3 is 25.1 Å². The maximum absolute atomic E-state index is 12.1. The largest absolute Gasteiger partial charge is 0.493 e. The summed E-state index contributed by atoms with van der Waals surface area (Å²) in [5.74, 6) is 0.815. The van der Waals surface area contributed by atoms with Crippen LogP contribution in [0, 0.1) is 6.92 Å². The average molecular weight is 483 g/mol. The summed E-state index contributed by atoms with van der Waals surface area (Å²) in [6.07, 6.45) is 0. The molecule has 170 valence electrons. The average Bonchev–Trinajstić information content (AvgIpc) is 3.40. The second-order valence-corrected chi connectivity index (χ2v) is 8.63. The number of aromatic nitrogens is 2. The standard InChI is InChI=1S/C24H23ClN4O3S/c1-14-18(23(26)30)11-20(29(14)12-15-4-9-21(31-2)22(10-15)32-3)19-13-33-24(28-19)27-17-7-5-16(25)6-8-17/h4-11,13H,12H2,1-3H3,(H2,26,30)(H,27,28). The summed E-state index contributed by atoms with van der Waals surface area (Å²) >= 11 is 7.44. The number of anilines is 2. The van der Waals surface area contributed by atoms with Crippen LogP contribution in [-0.2, 0) is 6.54 Å². The zero-order valence-electron chi connectivity index (χ0n) is 18.4. The first-order valence-electron chi connectivity index (χ1n) is 10.1. The Morgan fingerprint density at radius 3 is 2.52 bits per heavy atom. The number of halogens is 1. The second kappa shape index (κ2) is 9.56. The predicted molar refractivity (Wildman–Crippen MR) is 132 cm³/mol. The predicted octanol–water partition coefficient (Wildman–Crippen LogP) is 5.48. The van der Waals surface area contributed by atoms with Crippen molar-refractivity contribution >= 4 is 39.7 Å². The number of rotatable bonds is 8. The van der Waals surface area contributed by atoms with E-state index >= 15 is 0 Å². The van der Waals surface area contributed by atoms with Gasteiger partial charge in [-0.25, -0.2) is 4.98 Å². The summed E-state index contributed by atoms with van der Waals surface area (Å²) in [4.78, 5) is 16.8. The molecule has 0 aliphatic rings. The Balaban J connectivity index is 1.69. The molecule has 0 aliphatic heterocycles. The molecule has 0 bridgehead atoms. The van der Waals surface area contributed by atoms with Crippen molar-refractivity contribution < 1.29 is 14.3 Å². The molecular formula is C24H23ClN4O3S. The van der Waals surface area contributed by atoms with Crippen LogP contribution in [0.5, 0.6) is 11.5 Å². The van der Waals surface area contributed by atoms with E-state index in [0.717, 1.165) is 33.5 Å². The van der Waals surface area contributed by atoms with Crippen molar-refractivity contribution in [2.75, 3.05) is 19.5 Å². The van der Waals surface area contributed by atoms with Gasteiger partial charge in [-0.1, -0.05) is 17.7 Å². The Kier molecular flexibility index (Phi) is 6.57. The zero-order chi connectivity index (χ0) is 23.5. The van der Waals surface area contributed by atoms with Gasteiger partial charge in [0.2, 0.25) is 0 Å². The number of methoxy groups -OCH3 is 2. The van der Waals surface area contributed by atoms with E-state index in [0.29, 0.717) is 28.6 Å². The Morgan fingerprint density at radius 2 is 1.85 bits per heavy atom. The van der Waals surface area contributed by atoms with Crippen LogP contribution in [0.25, 0.3) is 11.4 Å². The molecule has 0 fully saturated rings. The number of thiazole rings is 1. The Labute approximate surface area is 200 Å².